The van der Waals surface area contributed by atoms with Gasteiger partial charge in [-0.2, -0.15) is 0 Å². The molecular formula is C18H21NO3. The maximum atomic E-state index is 9.25. The predicted molar refractivity (Wildman–Crippen MR) is 88.7 cm³/mol. The SMILES string of the molecule is COc1cc(C=Nc2ccc(O)cc2)ccc1OCC(C)C. The molecule has 116 valence electrons. The molecule has 0 atom stereocenters. The summed E-state index contributed by atoms with van der Waals surface area (Å²) in [6.07, 6.45) is 1.75. The average Bonchev–Trinajstić information content (AvgIpc) is 2.52. The summed E-state index contributed by atoms with van der Waals surface area (Å²) in [5.41, 5.74) is 1.69. The quantitative estimate of drug-likeness (QED) is 0.814. The Labute approximate surface area is 131 Å². The standard InChI is InChI=1S/C18H21NO3/c1-13(2)12-22-17-9-4-14(10-18(17)21-3)11-19-15-5-7-16(20)8-6-15/h4-11,13,20H,12H2,1-3H3. The largest absolute Gasteiger partial charge is 0.508 e. The van der Waals surface area contributed by atoms with Gasteiger partial charge in [-0.1, -0.05) is 13.8 Å². The van der Waals surface area contributed by atoms with E-state index in [-0.39, 0.29) is 5.75 Å². The van der Waals surface area contributed by atoms with E-state index in [1.807, 2.05) is 18.2 Å². The molecule has 22 heavy (non-hydrogen) atoms. The van der Waals surface area contributed by atoms with Crippen LogP contribution in [0.5, 0.6) is 17.2 Å². The summed E-state index contributed by atoms with van der Waals surface area (Å²) in [4.78, 5) is 4.36. The Hall–Kier alpha value is -2.49. The number of rotatable bonds is 6. The molecule has 0 aliphatic rings. The number of aliphatic imine (C=N–C) groups is 1. The lowest BCUT2D eigenvalue weighted by atomic mass is 10.2. The molecule has 4 nitrogen and oxygen atoms in total. The van der Waals surface area contributed by atoms with Gasteiger partial charge in [-0.25, -0.2) is 0 Å². The highest BCUT2D eigenvalue weighted by Crippen LogP contribution is 2.28. The summed E-state index contributed by atoms with van der Waals surface area (Å²) in [6.45, 7) is 4.85. The maximum Gasteiger partial charge on any atom is 0.161 e. The molecule has 0 heterocycles. The molecule has 0 bridgehead atoms. The molecule has 0 aliphatic heterocycles. The van der Waals surface area contributed by atoms with Crippen LogP contribution in [0.4, 0.5) is 5.69 Å². The van der Waals surface area contributed by atoms with Crippen LogP contribution in [0.2, 0.25) is 0 Å². The lowest BCUT2D eigenvalue weighted by molar-refractivity contribution is 0.257. The molecule has 2 aromatic rings. The Morgan fingerprint density at radius 1 is 1.09 bits per heavy atom. The number of hydrogen-bond donors (Lipinski definition) is 1. The third-order valence-corrected chi connectivity index (χ3v) is 2.97. The van der Waals surface area contributed by atoms with Crippen LogP contribution in [0.1, 0.15) is 19.4 Å². The van der Waals surface area contributed by atoms with Gasteiger partial charge in [0.05, 0.1) is 19.4 Å². The van der Waals surface area contributed by atoms with Crippen LogP contribution < -0.4 is 9.47 Å². The van der Waals surface area contributed by atoms with Crippen molar-refractivity contribution in [3.63, 3.8) is 0 Å². The van der Waals surface area contributed by atoms with Gasteiger partial charge in [-0.05, 0) is 53.9 Å². The van der Waals surface area contributed by atoms with Crippen LogP contribution in [-0.4, -0.2) is 25.0 Å². The van der Waals surface area contributed by atoms with E-state index in [0.717, 1.165) is 17.0 Å². The smallest absolute Gasteiger partial charge is 0.161 e. The molecule has 2 aromatic carbocycles. The third kappa shape index (κ3) is 4.52. The van der Waals surface area contributed by atoms with Gasteiger partial charge in [0.2, 0.25) is 0 Å². The van der Waals surface area contributed by atoms with Gasteiger partial charge >= 0.3 is 0 Å². The molecule has 4 heteroatoms. The fourth-order valence-corrected chi connectivity index (χ4v) is 1.83. The number of methoxy groups -OCH3 is 1. The van der Waals surface area contributed by atoms with Crippen molar-refractivity contribution in [2.24, 2.45) is 10.9 Å². The monoisotopic (exact) mass is 299 g/mol. The number of nitrogens with zero attached hydrogens (tertiary/aromatic N) is 1. The molecule has 2 rings (SSSR count). The topological polar surface area (TPSA) is 51.0 Å². The zero-order chi connectivity index (χ0) is 15.9. The lowest BCUT2D eigenvalue weighted by Crippen LogP contribution is -2.05. The highest BCUT2D eigenvalue weighted by molar-refractivity contribution is 5.83. The van der Waals surface area contributed by atoms with Crippen molar-refractivity contribution >= 4 is 11.9 Å². The minimum Gasteiger partial charge on any atom is -0.508 e. The van der Waals surface area contributed by atoms with E-state index < -0.39 is 0 Å². The summed E-state index contributed by atoms with van der Waals surface area (Å²) in [5.74, 6) is 2.11. The zero-order valence-corrected chi connectivity index (χ0v) is 13.1. The van der Waals surface area contributed by atoms with E-state index in [1.165, 1.54) is 0 Å². The highest BCUT2D eigenvalue weighted by atomic mass is 16.5. The molecule has 0 saturated heterocycles. The van der Waals surface area contributed by atoms with E-state index in [2.05, 4.69) is 18.8 Å². The third-order valence-electron chi connectivity index (χ3n) is 2.97. The van der Waals surface area contributed by atoms with E-state index in [9.17, 15) is 5.11 Å². The summed E-state index contributed by atoms with van der Waals surface area (Å²) in [6, 6.07) is 12.4. The summed E-state index contributed by atoms with van der Waals surface area (Å²) in [7, 11) is 1.62. The van der Waals surface area contributed by atoms with E-state index in [1.54, 1.807) is 37.6 Å². The maximum absolute atomic E-state index is 9.25. The van der Waals surface area contributed by atoms with Crippen molar-refractivity contribution in [2.75, 3.05) is 13.7 Å². The van der Waals surface area contributed by atoms with Crippen molar-refractivity contribution in [1.82, 2.24) is 0 Å². The van der Waals surface area contributed by atoms with Gasteiger partial charge in [0.25, 0.3) is 0 Å². The fourth-order valence-electron chi connectivity index (χ4n) is 1.83. The van der Waals surface area contributed by atoms with Crippen molar-refractivity contribution in [2.45, 2.75) is 13.8 Å². The van der Waals surface area contributed by atoms with Crippen LogP contribution in [-0.2, 0) is 0 Å². The first-order valence-electron chi connectivity index (χ1n) is 7.22. The van der Waals surface area contributed by atoms with E-state index >= 15 is 0 Å². The average molecular weight is 299 g/mol. The molecule has 0 radical (unpaired) electrons. The molecule has 0 aliphatic carbocycles. The minimum absolute atomic E-state index is 0.229. The van der Waals surface area contributed by atoms with Gasteiger partial charge < -0.3 is 14.6 Å². The first-order valence-corrected chi connectivity index (χ1v) is 7.22. The molecule has 0 unspecified atom stereocenters. The second-order valence-corrected chi connectivity index (χ2v) is 5.39. The first-order chi connectivity index (χ1) is 10.6. The number of hydrogen-bond acceptors (Lipinski definition) is 4. The Morgan fingerprint density at radius 3 is 2.45 bits per heavy atom. The molecule has 0 saturated carbocycles. The van der Waals surface area contributed by atoms with Crippen LogP contribution in [0.3, 0.4) is 0 Å². The fraction of sp³-hybridized carbons (Fsp3) is 0.278. The van der Waals surface area contributed by atoms with Gasteiger partial charge in [0.1, 0.15) is 5.75 Å². The summed E-state index contributed by atoms with van der Waals surface area (Å²) in [5, 5.41) is 9.25. The molecule has 0 aromatic heterocycles. The van der Waals surface area contributed by atoms with Gasteiger partial charge in [0.15, 0.2) is 11.5 Å². The van der Waals surface area contributed by atoms with Gasteiger partial charge in [0, 0.05) is 6.21 Å². The number of ether oxygens (including phenoxy) is 2. The van der Waals surface area contributed by atoms with Gasteiger partial charge in [-0.3, -0.25) is 4.99 Å². The second-order valence-electron chi connectivity index (χ2n) is 5.39. The second kappa shape index (κ2) is 7.50. The normalized spacial score (nSPS) is 11.1. The summed E-state index contributed by atoms with van der Waals surface area (Å²) < 4.78 is 11.1. The Bertz CT molecular complexity index is 633. The van der Waals surface area contributed by atoms with Gasteiger partial charge in [-0.15, -0.1) is 0 Å². The van der Waals surface area contributed by atoms with Crippen LogP contribution in [0.25, 0.3) is 0 Å². The number of phenolic OH excluding ortho intramolecular Hbond substituents is 1. The van der Waals surface area contributed by atoms with E-state index in [0.29, 0.717) is 18.3 Å². The molecule has 1 N–H and O–H groups in total. The summed E-state index contributed by atoms with van der Waals surface area (Å²) >= 11 is 0. The minimum atomic E-state index is 0.229. The predicted octanol–water partition coefficient (Wildman–Crippen LogP) is 4.19. The van der Waals surface area contributed by atoms with Crippen LogP contribution in [0, 0.1) is 5.92 Å². The Kier molecular flexibility index (Phi) is 5.42. The Morgan fingerprint density at radius 2 is 1.82 bits per heavy atom. The lowest BCUT2D eigenvalue weighted by Gasteiger charge is -2.12. The number of phenols is 1. The van der Waals surface area contributed by atoms with Crippen molar-refractivity contribution < 1.29 is 14.6 Å². The number of benzene rings is 2. The van der Waals surface area contributed by atoms with Crippen LogP contribution >= 0.6 is 0 Å². The Balaban J connectivity index is 2.13. The van der Waals surface area contributed by atoms with E-state index in [4.69, 9.17) is 9.47 Å². The molecule has 0 fully saturated rings. The molecule has 0 spiro atoms. The molecule has 0 amide bonds. The van der Waals surface area contributed by atoms with Crippen molar-refractivity contribution in [1.29, 1.82) is 0 Å². The number of aromatic hydroxyl groups is 1. The first kappa shape index (κ1) is 15.9. The molecular weight excluding hydrogens is 278 g/mol. The highest BCUT2D eigenvalue weighted by Gasteiger charge is 2.06. The van der Waals surface area contributed by atoms with Crippen LogP contribution in [0.15, 0.2) is 47.5 Å². The van der Waals surface area contributed by atoms with Crippen molar-refractivity contribution in [3.8, 4) is 17.2 Å². The zero-order valence-electron chi connectivity index (χ0n) is 13.1. The van der Waals surface area contributed by atoms with Crippen molar-refractivity contribution in [3.05, 3.63) is 48.0 Å².